The maximum Gasteiger partial charge on any atom is 0.321 e. The van der Waals surface area contributed by atoms with Crippen molar-refractivity contribution >= 4 is 23.7 Å². The lowest BCUT2D eigenvalue weighted by atomic mass is 10.2. The van der Waals surface area contributed by atoms with Crippen molar-refractivity contribution in [3.8, 4) is 11.5 Å². The van der Waals surface area contributed by atoms with Gasteiger partial charge in [0, 0.05) is 12.1 Å². The van der Waals surface area contributed by atoms with Gasteiger partial charge in [0.05, 0.1) is 5.75 Å². The molecule has 2 rings (SSSR count). The van der Waals surface area contributed by atoms with Gasteiger partial charge in [0.2, 0.25) is 11.8 Å². The fourth-order valence-electron chi connectivity index (χ4n) is 1.54. The molecule has 1 aromatic carbocycles. The largest absolute Gasteiger partial charge is 0.411 e. The number of carbonyl (C=O) groups excluding carboxylic acids is 2. The lowest BCUT2D eigenvalue weighted by molar-refractivity contribution is -0.117. The van der Waals surface area contributed by atoms with E-state index in [4.69, 9.17) is 4.42 Å². The van der Waals surface area contributed by atoms with E-state index in [1.807, 2.05) is 37.3 Å². The molecule has 0 radical (unpaired) electrons. The molecule has 2 N–H and O–H groups in total. The van der Waals surface area contributed by atoms with Crippen LogP contribution >= 0.6 is 11.8 Å². The molecular weight excluding hydrogens is 304 g/mol. The highest BCUT2D eigenvalue weighted by Gasteiger charge is 2.12. The summed E-state index contributed by atoms with van der Waals surface area (Å²) in [4.78, 5) is 22.9. The third-order valence-corrected chi connectivity index (χ3v) is 3.36. The van der Waals surface area contributed by atoms with Crippen LogP contribution in [-0.2, 0) is 4.79 Å². The summed E-state index contributed by atoms with van der Waals surface area (Å²) in [7, 11) is 0. The van der Waals surface area contributed by atoms with E-state index in [0.29, 0.717) is 12.4 Å². The predicted octanol–water partition coefficient (Wildman–Crippen LogP) is 2.06. The Hall–Kier alpha value is -2.35. The zero-order valence-electron chi connectivity index (χ0n) is 12.0. The lowest BCUT2D eigenvalue weighted by Crippen LogP contribution is -2.40. The van der Waals surface area contributed by atoms with Gasteiger partial charge in [-0.05, 0) is 18.6 Å². The third-order valence-electron chi connectivity index (χ3n) is 2.54. The van der Waals surface area contributed by atoms with Crippen LogP contribution in [0.5, 0.6) is 0 Å². The van der Waals surface area contributed by atoms with Crippen molar-refractivity contribution < 1.29 is 14.0 Å². The van der Waals surface area contributed by atoms with Gasteiger partial charge in [-0.2, -0.15) is 0 Å². The van der Waals surface area contributed by atoms with Gasteiger partial charge >= 0.3 is 6.03 Å². The Labute approximate surface area is 131 Å². The van der Waals surface area contributed by atoms with E-state index in [9.17, 15) is 9.59 Å². The van der Waals surface area contributed by atoms with Gasteiger partial charge in [-0.1, -0.05) is 36.9 Å². The summed E-state index contributed by atoms with van der Waals surface area (Å²) in [6.07, 6.45) is 0.806. The van der Waals surface area contributed by atoms with Crippen LogP contribution in [0.3, 0.4) is 0 Å². The Morgan fingerprint density at radius 3 is 2.73 bits per heavy atom. The number of hydrogen-bond acceptors (Lipinski definition) is 6. The van der Waals surface area contributed by atoms with E-state index in [0.717, 1.165) is 23.7 Å². The molecule has 116 valence electrons. The van der Waals surface area contributed by atoms with Gasteiger partial charge in [0.25, 0.3) is 5.22 Å². The molecule has 7 nitrogen and oxygen atoms in total. The molecule has 0 spiro atoms. The quantitative estimate of drug-likeness (QED) is 0.791. The lowest BCUT2D eigenvalue weighted by Gasteiger charge is -2.03. The topological polar surface area (TPSA) is 97.1 Å². The standard InChI is InChI=1S/C14H16N4O3S/c1-2-8-15-13(20)16-11(19)9-22-14-18-17-12(21-14)10-6-4-3-5-7-10/h3-7H,2,8-9H2,1H3,(H2,15,16,19,20). The number of imide groups is 1. The Morgan fingerprint density at radius 2 is 2.00 bits per heavy atom. The van der Waals surface area contributed by atoms with Gasteiger partial charge in [0.15, 0.2) is 0 Å². The molecule has 1 heterocycles. The summed E-state index contributed by atoms with van der Waals surface area (Å²) >= 11 is 1.08. The highest BCUT2D eigenvalue weighted by Crippen LogP contribution is 2.22. The van der Waals surface area contributed by atoms with Crippen molar-refractivity contribution in [1.82, 2.24) is 20.8 Å². The van der Waals surface area contributed by atoms with Crippen molar-refractivity contribution in [1.29, 1.82) is 0 Å². The number of carbonyl (C=O) groups is 2. The molecule has 0 fully saturated rings. The minimum absolute atomic E-state index is 0.0238. The highest BCUT2D eigenvalue weighted by molar-refractivity contribution is 7.99. The van der Waals surface area contributed by atoms with Gasteiger partial charge in [-0.25, -0.2) is 4.79 Å². The Kier molecular flexibility index (Phi) is 5.96. The average Bonchev–Trinajstić information content (AvgIpc) is 3.01. The first-order valence-electron chi connectivity index (χ1n) is 6.78. The molecule has 3 amide bonds. The molecule has 0 aliphatic rings. The maximum atomic E-state index is 11.6. The second-order valence-electron chi connectivity index (χ2n) is 4.33. The van der Waals surface area contributed by atoms with Crippen LogP contribution in [0.4, 0.5) is 4.79 Å². The first-order chi connectivity index (χ1) is 10.7. The second-order valence-corrected chi connectivity index (χ2v) is 5.26. The number of aromatic nitrogens is 2. The molecule has 0 bridgehead atoms. The smallest absolute Gasteiger partial charge is 0.321 e. The summed E-state index contributed by atoms with van der Waals surface area (Å²) in [5.41, 5.74) is 0.810. The molecule has 0 aliphatic heterocycles. The number of amides is 3. The summed E-state index contributed by atoms with van der Waals surface area (Å²) in [5, 5.41) is 12.8. The number of rotatable bonds is 6. The summed E-state index contributed by atoms with van der Waals surface area (Å²) in [6, 6.07) is 8.84. The molecular formula is C14H16N4O3S. The molecule has 2 aromatic rings. The number of nitrogens with one attached hydrogen (secondary N) is 2. The molecule has 0 unspecified atom stereocenters. The van der Waals surface area contributed by atoms with Gasteiger partial charge < -0.3 is 9.73 Å². The first kappa shape index (κ1) is 16.0. The molecule has 0 saturated heterocycles. The van der Waals surface area contributed by atoms with Crippen molar-refractivity contribution in [2.45, 2.75) is 18.6 Å². The number of urea groups is 1. The number of hydrogen-bond donors (Lipinski definition) is 2. The zero-order chi connectivity index (χ0) is 15.8. The number of benzene rings is 1. The summed E-state index contributed by atoms with van der Waals surface area (Å²) < 4.78 is 5.45. The highest BCUT2D eigenvalue weighted by atomic mass is 32.2. The van der Waals surface area contributed by atoms with Gasteiger partial charge in [-0.15, -0.1) is 10.2 Å². The average molecular weight is 320 g/mol. The van der Waals surface area contributed by atoms with Crippen LogP contribution in [-0.4, -0.2) is 34.4 Å². The van der Waals surface area contributed by atoms with Crippen molar-refractivity contribution in [3.63, 3.8) is 0 Å². The number of thioether (sulfide) groups is 1. The van der Waals surface area contributed by atoms with Crippen LogP contribution in [0.25, 0.3) is 11.5 Å². The van der Waals surface area contributed by atoms with E-state index in [-0.39, 0.29) is 11.0 Å². The Morgan fingerprint density at radius 1 is 1.23 bits per heavy atom. The van der Waals surface area contributed by atoms with Crippen LogP contribution in [0, 0.1) is 0 Å². The van der Waals surface area contributed by atoms with Gasteiger partial charge in [0.1, 0.15) is 0 Å². The fraction of sp³-hybridized carbons (Fsp3) is 0.286. The van der Waals surface area contributed by atoms with E-state index in [1.165, 1.54) is 0 Å². The second kappa shape index (κ2) is 8.18. The van der Waals surface area contributed by atoms with E-state index < -0.39 is 11.9 Å². The molecule has 8 heteroatoms. The summed E-state index contributed by atoms with van der Waals surface area (Å²) in [5.74, 6) is -0.00191. The third kappa shape index (κ3) is 4.88. The SMILES string of the molecule is CCCNC(=O)NC(=O)CSc1nnc(-c2ccccc2)o1. The monoisotopic (exact) mass is 320 g/mol. The number of nitrogens with zero attached hydrogens (tertiary/aromatic N) is 2. The van der Waals surface area contributed by atoms with Crippen molar-refractivity contribution in [2.75, 3.05) is 12.3 Å². The molecule has 0 atom stereocenters. The van der Waals surface area contributed by atoms with Crippen molar-refractivity contribution in [3.05, 3.63) is 30.3 Å². The fourth-order valence-corrected chi connectivity index (χ4v) is 2.10. The molecule has 22 heavy (non-hydrogen) atoms. The minimum Gasteiger partial charge on any atom is -0.411 e. The van der Waals surface area contributed by atoms with Gasteiger partial charge in [-0.3, -0.25) is 10.1 Å². The van der Waals surface area contributed by atoms with E-state index >= 15 is 0 Å². The molecule has 0 aliphatic carbocycles. The van der Waals surface area contributed by atoms with Crippen LogP contribution < -0.4 is 10.6 Å². The van der Waals surface area contributed by atoms with Crippen LogP contribution in [0.2, 0.25) is 0 Å². The predicted molar refractivity (Wildman–Crippen MR) is 82.3 cm³/mol. The minimum atomic E-state index is -0.497. The Bertz CT molecular complexity index is 630. The molecule has 1 aromatic heterocycles. The van der Waals surface area contributed by atoms with Crippen molar-refractivity contribution in [2.24, 2.45) is 0 Å². The first-order valence-corrected chi connectivity index (χ1v) is 7.77. The van der Waals surface area contributed by atoms with E-state index in [1.54, 1.807) is 0 Å². The zero-order valence-corrected chi connectivity index (χ0v) is 12.9. The van der Waals surface area contributed by atoms with E-state index in [2.05, 4.69) is 20.8 Å². The van der Waals surface area contributed by atoms with Crippen LogP contribution in [0.1, 0.15) is 13.3 Å². The van der Waals surface area contributed by atoms with Crippen LogP contribution in [0.15, 0.2) is 40.0 Å². The normalized spacial score (nSPS) is 10.2. The maximum absolute atomic E-state index is 11.6. The Balaban J connectivity index is 1.81. The molecule has 0 saturated carbocycles. The summed E-state index contributed by atoms with van der Waals surface area (Å²) in [6.45, 7) is 2.45.